The van der Waals surface area contributed by atoms with E-state index in [0.717, 1.165) is 53.3 Å². The van der Waals surface area contributed by atoms with Gasteiger partial charge in [-0.15, -0.1) is 0 Å². The van der Waals surface area contributed by atoms with Crippen molar-refractivity contribution in [2.75, 3.05) is 6.61 Å². The second-order valence-corrected chi connectivity index (χ2v) is 7.81. The van der Waals surface area contributed by atoms with Gasteiger partial charge in [0.05, 0.1) is 6.61 Å². The molecule has 0 fully saturated rings. The Morgan fingerprint density at radius 2 is 1.93 bits per heavy atom. The number of ether oxygens (including phenoxy) is 2. The topological polar surface area (TPSA) is 38.7 Å². The van der Waals surface area contributed by atoms with E-state index in [1.807, 2.05) is 54.6 Å². The lowest BCUT2D eigenvalue weighted by Gasteiger charge is -2.09. The van der Waals surface area contributed by atoms with Gasteiger partial charge in [-0.05, 0) is 60.4 Å². The summed E-state index contributed by atoms with van der Waals surface area (Å²) in [7, 11) is 0. The lowest BCUT2D eigenvalue weighted by Crippen LogP contribution is -2.10. The van der Waals surface area contributed by atoms with Gasteiger partial charge in [0.1, 0.15) is 23.4 Å². The number of aryl methyl sites for hydroxylation is 1. The number of hydrogen-bond donors (Lipinski definition) is 1. The van der Waals surface area contributed by atoms with Gasteiger partial charge in [0, 0.05) is 22.2 Å². The molecule has 1 heterocycles. The Morgan fingerprint density at radius 3 is 2.52 bits per heavy atom. The van der Waals surface area contributed by atoms with Crippen LogP contribution >= 0.6 is 11.6 Å². The van der Waals surface area contributed by atoms with Crippen molar-refractivity contribution in [1.82, 2.24) is 0 Å². The van der Waals surface area contributed by atoms with Gasteiger partial charge in [-0.1, -0.05) is 48.9 Å². The summed E-state index contributed by atoms with van der Waals surface area (Å²) in [6, 6.07) is 19.7. The summed E-state index contributed by atoms with van der Waals surface area (Å²) in [4.78, 5) is 0. The molecule has 0 spiro atoms. The van der Waals surface area contributed by atoms with Crippen LogP contribution in [0.15, 0.2) is 60.7 Å². The minimum Gasteiger partial charge on any atom is -0.508 e. The van der Waals surface area contributed by atoms with Gasteiger partial charge in [-0.2, -0.15) is 0 Å². The molecule has 29 heavy (non-hydrogen) atoms. The number of rotatable bonds is 6. The van der Waals surface area contributed by atoms with Crippen LogP contribution in [-0.2, 0) is 12.8 Å². The van der Waals surface area contributed by atoms with Crippen LogP contribution in [0.25, 0.3) is 0 Å². The lowest BCUT2D eigenvalue weighted by molar-refractivity contribution is 0.228. The maximum absolute atomic E-state index is 10.2. The number of phenols is 1. The second-order valence-electron chi connectivity index (χ2n) is 7.40. The molecule has 0 amide bonds. The summed E-state index contributed by atoms with van der Waals surface area (Å²) in [5.41, 5.74) is 2.06. The molecule has 150 valence electrons. The Hall–Kier alpha value is -2.65. The van der Waals surface area contributed by atoms with E-state index in [0.29, 0.717) is 12.4 Å². The molecule has 4 heteroatoms. The molecule has 1 atom stereocenters. The molecular weight excluding hydrogens is 384 g/mol. The van der Waals surface area contributed by atoms with Crippen LogP contribution in [0.3, 0.4) is 0 Å². The molecular formula is C25H25ClO3. The molecule has 2 aromatic carbocycles. The van der Waals surface area contributed by atoms with Gasteiger partial charge >= 0.3 is 0 Å². The molecule has 3 aliphatic rings. The fraction of sp³-hybridized carbons (Fsp3) is 0.280. The fourth-order valence-electron chi connectivity index (χ4n) is 3.53. The number of aromatic hydroxyl groups is 1. The molecule has 0 saturated heterocycles. The average Bonchev–Trinajstić information content (AvgIpc) is 3.12. The number of phenolic OH excluding ortho intramolecular Hbond substituents is 1. The summed E-state index contributed by atoms with van der Waals surface area (Å²) in [5.74, 6) is 2.19. The zero-order valence-electron chi connectivity index (χ0n) is 16.5. The molecule has 0 aromatic heterocycles. The third-order valence-corrected chi connectivity index (χ3v) is 5.65. The summed E-state index contributed by atoms with van der Waals surface area (Å²) < 4.78 is 11.6. The van der Waals surface area contributed by atoms with Crippen LogP contribution in [0.2, 0.25) is 5.02 Å². The molecule has 0 bridgehead atoms. The molecule has 1 N–H and O–H groups in total. The Bertz CT molecular complexity index is 1080. The van der Waals surface area contributed by atoms with Crippen LogP contribution in [0.5, 0.6) is 17.2 Å². The minimum atomic E-state index is 0.256. The van der Waals surface area contributed by atoms with E-state index in [2.05, 4.69) is 13.0 Å². The standard InChI is InChI=1S/C19H22O3.C6H3Cl/c1-2-16-11-15-12-18(20)14(13-19(15)22-16)7-6-10-21-17-8-4-3-5-9-17;7-6-3-4-1-2-5(4)6/h3-5,8-9,12-13,16,20H,2,6-7,10-11H2,1H3;1-3H. The van der Waals surface area contributed by atoms with E-state index < -0.39 is 0 Å². The number of halogens is 1. The normalized spacial score (nSPS) is 15.0. The van der Waals surface area contributed by atoms with Crippen molar-refractivity contribution >= 4 is 11.6 Å². The van der Waals surface area contributed by atoms with Crippen molar-refractivity contribution in [3.8, 4) is 17.2 Å². The SMILES string of the molecule is CCC1Cc2cc(O)c(CCCOc3ccccc3)cc2O1.Clc1cc2ccc1=2. The number of fused-ring (bicyclic) bond motifs is 1. The first-order valence-electron chi connectivity index (χ1n) is 10.1. The van der Waals surface area contributed by atoms with E-state index in [-0.39, 0.29) is 6.10 Å². The Morgan fingerprint density at radius 1 is 1.10 bits per heavy atom. The summed E-state index contributed by atoms with van der Waals surface area (Å²) >= 11 is 5.60. The highest BCUT2D eigenvalue weighted by molar-refractivity contribution is 6.31. The largest absolute Gasteiger partial charge is 0.508 e. The van der Waals surface area contributed by atoms with Gasteiger partial charge < -0.3 is 14.6 Å². The van der Waals surface area contributed by atoms with E-state index in [4.69, 9.17) is 21.1 Å². The molecule has 3 nitrogen and oxygen atoms in total. The number of benzene rings is 3. The number of para-hydroxylation sites is 1. The zero-order chi connectivity index (χ0) is 20.2. The highest BCUT2D eigenvalue weighted by Crippen LogP contribution is 2.35. The van der Waals surface area contributed by atoms with Gasteiger partial charge in [0.15, 0.2) is 0 Å². The smallest absolute Gasteiger partial charge is 0.123 e. The fourth-order valence-corrected chi connectivity index (χ4v) is 3.82. The molecule has 1 aliphatic heterocycles. The van der Waals surface area contributed by atoms with Crippen molar-refractivity contribution in [3.63, 3.8) is 0 Å². The summed E-state index contributed by atoms with van der Waals surface area (Å²) in [6.07, 6.45) is 3.79. The first kappa shape index (κ1) is 19.7. The maximum Gasteiger partial charge on any atom is 0.123 e. The monoisotopic (exact) mass is 408 g/mol. The van der Waals surface area contributed by atoms with Gasteiger partial charge in [-0.25, -0.2) is 0 Å². The van der Waals surface area contributed by atoms with E-state index in [1.165, 1.54) is 10.4 Å². The Labute approximate surface area is 176 Å². The van der Waals surface area contributed by atoms with Gasteiger partial charge in [-0.3, -0.25) is 0 Å². The van der Waals surface area contributed by atoms with Crippen LogP contribution in [0, 0.1) is 10.4 Å². The summed E-state index contributed by atoms with van der Waals surface area (Å²) in [6.45, 7) is 2.76. The van der Waals surface area contributed by atoms with Crippen molar-refractivity contribution in [2.45, 2.75) is 38.7 Å². The average molecular weight is 409 g/mol. The molecule has 2 aromatic rings. The van der Waals surface area contributed by atoms with E-state index >= 15 is 0 Å². The maximum atomic E-state index is 10.2. The molecule has 0 saturated carbocycles. The van der Waals surface area contributed by atoms with Crippen LogP contribution in [0.1, 0.15) is 30.9 Å². The van der Waals surface area contributed by atoms with E-state index in [1.54, 1.807) is 0 Å². The van der Waals surface area contributed by atoms with Crippen molar-refractivity contribution < 1.29 is 14.6 Å². The first-order chi connectivity index (χ1) is 14.1. The third kappa shape index (κ3) is 4.51. The quantitative estimate of drug-likeness (QED) is 0.394. The highest BCUT2D eigenvalue weighted by Gasteiger charge is 2.23. The predicted molar refractivity (Wildman–Crippen MR) is 116 cm³/mol. The molecule has 0 radical (unpaired) electrons. The highest BCUT2D eigenvalue weighted by atomic mass is 35.5. The third-order valence-electron chi connectivity index (χ3n) is 5.34. The first-order valence-corrected chi connectivity index (χ1v) is 10.5. The van der Waals surface area contributed by atoms with Gasteiger partial charge in [0.25, 0.3) is 0 Å². The van der Waals surface area contributed by atoms with Crippen molar-refractivity contribution in [2.24, 2.45) is 0 Å². The molecule has 2 aliphatic carbocycles. The zero-order valence-corrected chi connectivity index (χ0v) is 17.3. The van der Waals surface area contributed by atoms with Crippen LogP contribution in [0.4, 0.5) is 0 Å². The lowest BCUT2D eigenvalue weighted by atomic mass is 10.0. The predicted octanol–water partition coefficient (Wildman–Crippen LogP) is 6.06. The molecule has 5 rings (SSSR count). The molecule has 1 unspecified atom stereocenters. The second kappa shape index (κ2) is 8.79. The van der Waals surface area contributed by atoms with E-state index in [9.17, 15) is 5.11 Å². The summed E-state index contributed by atoms with van der Waals surface area (Å²) in [5, 5.41) is 13.6. The van der Waals surface area contributed by atoms with Crippen molar-refractivity contribution in [3.05, 3.63) is 87.3 Å². The number of hydrogen-bond acceptors (Lipinski definition) is 3. The van der Waals surface area contributed by atoms with Gasteiger partial charge in [0.2, 0.25) is 0 Å². The van der Waals surface area contributed by atoms with Crippen molar-refractivity contribution in [1.29, 1.82) is 0 Å². The van der Waals surface area contributed by atoms with Crippen LogP contribution < -0.4 is 9.47 Å². The Balaban J connectivity index is 0.000000243. The Kier molecular flexibility index (Phi) is 5.96. The minimum absolute atomic E-state index is 0.256. The van der Waals surface area contributed by atoms with Crippen LogP contribution in [-0.4, -0.2) is 17.8 Å².